The van der Waals surface area contributed by atoms with E-state index < -0.39 is 0 Å². The largest absolute Gasteiger partial charge is 0.391 e. The summed E-state index contributed by atoms with van der Waals surface area (Å²) in [4.78, 5) is 0. The standard InChI is InChI=1S/C6H16NO2.C2HN3/c1-7(2,3-5-8)4-6-9;3-1-5-2-4/h8-9H,3-6H2,1-2H3;5H/q+1;. The Balaban J connectivity index is 0. The van der Waals surface area contributed by atoms with E-state index in [0.717, 1.165) is 0 Å². The fourth-order valence-corrected chi connectivity index (χ4v) is 0.678. The fourth-order valence-electron chi connectivity index (χ4n) is 0.678. The monoisotopic (exact) mass is 201 g/mol. The highest BCUT2D eigenvalue weighted by Crippen LogP contribution is 1.92. The molecule has 0 spiro atoms. The highest BCUT2D eigenvalue weighted by Gasteiger charge is 2.11. The van der Waals surface area contributed by atoms with Gasteiger partial charge in [-0.25, -0.2) is 5.32 Å². The Labute approximate surface area is 84.2 Å². The van der Waals surface area contributed by atoms with Crippen molar-refractivity contribution in [3.05, 3.63) is 0 Å². The van der Waals surface area contributed by atoms with Gasteiger partial charge in [0.25, 0.3) is 0 Å². The average Bonchev–Trinajstić information content (AvgIpc) is 2.06. The minimum Gasteiger partial charge on any atom is -0.391 e. The van der Waals surface area contributed by atoms with Gasteiger partial charge in [0.2, 0.25) is 0 Å². The van der Waals surface area contributed by atoms with Crippen molar-refractivity contribution < 1.29 is 14.7 Å². The molecule has 0 heterocycles. The van der Waals surface area contributed by atoms with Gasteiger partial charge in [-0.3, -0.25) is 0 Å². The summed E-state index contributed by atoms with van der Waals surface area (Å²) in [5.74, 6) is 0. The lowest BCUT2D eigenvalue weighted by Gasteiger charge is -2.27. The number of nitrogens with one attached hydrogen (secondary N) is 1. The zero-order valence-corrected chi connectivity index (χ0v) is 8.56. The van der Waals surface area contributed by atoms with Crippen molar-refractivity contribution in [3.8, 4) is 12.4 Å². The van der Waals surface area contributed by atoms with Gasteiger partial charge < -0.3 is 14.7 Å². The Kier molecular flexibility index (Phi) is 10.5. The highest BCUT2D eigenvalue weighted by atomic mass is 16.3. The van der Waals surface area contributed by atoms with Crippen molar-refractivity contribution in [2.24, 2.45) is 0 Å². The summed E-state index contributed by atoms with van der Waals surface area (Å²) in [6.45, 7) is 1.79. The van der Waals surface area contributed by atoms with Crippen LogP contribution in [-0.4, -0.2) is 55.1 Å². The van der Waals surface area contributed by atoms with E-state index in [1.807, 2.05) is 14.1 Å². The van der Waals surface area contributed by atoms with E-state index in [-0.39, 0.29) is 13.2 Å². The predicted octanol–water partition coefficient (Wildman–Crippen LogP) is -1.41. The number of nitrogens with zero attached hydrogens (tertiary/aromatic N) is 3. The van der Waals surface area contributed by atoms with E-state index in [0.29, 0.717) is 17.6 Å². The number of rotatable bonds is 4. The molecule has 0 amide bonds. The topological polar surface area (TPSA) is 100 Å². The summed E-state index contributed by atoms with van der Waals surface area (Å²) >= 11 is 0. The zero-order valence-electron chi connectivity index (χ0n) is 8.56. The molecule has 80 valence electrons. The molecule has 0 aliphatic carbocycles. The Bertz CT molecular complexity index is 184. The van der Waals surface area contributed by atoms with Crippen LogP contribution in [0.1, 0.15) is 0 Å². The lowest BCUT2D eigenvalue weighted by Crippen LogP contribution is -2.43. The van der Waals surface area contributed by atoms with E-state index >= 15 is 0 Å². The van der Waals surface area contributed by atoms with Crippen molar-refractivity contribution in [2.75, 3.05) is 40.4 Å². The zero-order chi connectivity index (χ0) is 11.4. The maximum Gasteiger partial charge on any atom is 0.190 e. The van der Waals surface area contributed by atoms with E-state index in [9.17, 15) is 0 Å². The van der Waals surface area contributed by atoms with Crippen LogP contribution in [0.5, 0.6) is 0 Å². The number of nitriles is 2. The second kappa shape index (κ2) is 9.75. The van der Waals surface area contributed by atoms with E-state index in [2.05, 4.69) is 0 Å². The molecule has 0 unspecified atom stereocenters. The van der Waals surface area contributed by atoms with E-state index in [4.69, 9.17) is 20.7 Å². The van der Waals surface area contributed by atoms with Gasteiger partial charge in [-0.05, 0) is 0 Å². The van der Waals surface area contributed by atoms with E-state index in [1.165, 1.54) is 12.4 Å². The molecule has 0 fully saturated rings. The summed E-state index contributed by atoms with van der Waals surface area (Å²) in [5.41, 5.74) is 0. The summed E-state index contributed by atoms with van der Waals surface area (Å²) in [5, 5.41) is 33.8. The van der Waals surface area contributed by atoms with Gasteiger partial charge >= 0.3 is 0 Å². The first-order chi connectivity index (χ1) is 6.54. The lowest BCUT2D eigenvalue weighted by atomic mass is 10.4. The second-order valence-electron chi connectivity index (χ2n) is 3.18. The molecule has 0 aromatic carbocycles. The first-order valence-corrected chi connectivity index (χ1v) is 4.11. The number of hydrogen-bond acceptors (Lipinski definition) is 5. The maximum atomic E-state index is 8.53. The van der Waals surface area contributed by atoms with Crippen LogP contribution in [-0.2, 0) is 0 Å². The third kappa shape index (κ3) is 13.3. The van der Waals surface area contributed by atoms with Gasteiger partial charge in [-0.1, -0.05) is 0 Å². The molecular formula is C8H17N4O2+. The van der Waals surface area contributed by atoms with Gasteiger partial charge in [-0.15, -0.1) is 0 Å². The van der Waals surface area contributed by atoms with Crippen molar-refractivity contribution >= 4 is 0 Å². The van der Waals surface area contributed by atoms with Crippen molar-refractivity contribution in [3.63, 3.8) is 0 Å². The normalized spacial score (nSPS) is 9.00. The smallest absolute Gasteiger partial charge is 0.190 e. The predicted molar refractivity (Wildman–Crippen MR) is 50.4 cm³/mol. The van der Waals surface area contributed by atoms with Crippen molar-refractivity contribution in [1.29, 1.82) is 10.5 Å². The third-order valence-corrected chi connectivity index (χ3v) is 1.52. The summed E-state index contributed by atoms with van der Waals surface area (Å²) < 4.78 is 0.688. The molecule has 0 atom stereocenters. The van der Waals surface area contributed by atoms with Gasteiger partial charge in [0.1, 0.15) is 13.1 Å². The highest BCUT2D eigenvalue weighted by molar-refractivity contribution is 4.77. The van der Waals surface area contributed by atoms with Crippen LogP contribution in [0, 0.1) is 22.9 Å². The summed E-state index contributed by atoms with van der Waals surface area (Å²) in [7, 11) is 3.96. The van der Waals surface area contributed by atoms with Gasteiger partial charge in [0.05, 0.1) is 27.3 Å². The molecule has 0 saturated carbocycles. The number of aliphatic hydroxyl groups excluding tert-OH is 2. The Hall–Kier alpha value is -1.34. The van der Waals surface area contributed by atoms with Crippen LogP contribution in [0.2, 0.25) is 0 Å². The van der Waals surface area contributed by atoms with Crippen LogP contribution >= 0.6 is 0 Å². The van der Waals surface area contributed by atoms with Gasteiger partial charge in [0, 0.05) is 0 Å². The molecule has 0 radical (unpaired) electrons. The minimum absolute atomic E-state index is 0.188. The quantitative estimate of drug-likeness (QED) is 0.294. The first kappa shape index (κ1) is 15.1. The first-order valence-electron chi connectivity index (χ1n) is 4.11. The van der Waals surface area contributed by atoms with Crippen LogP contribution in [0.15, 0.2) is 0 Å². The van der Waals surface area contributed by atoms with Crippen molar-refractivity contribution in [2.45, 2.75) is 0 Å². The Morgan fingerprint density at radius 2 is 1.43 bits per heavy atom. The summed E-state index contributed by atoms with van der Waals surface area (Å²) in [6, 6.07) is 0. The molecule has 0 rings (SSSR count). The number of likely N-dealkylation sites (N-methyl/N-ethyl adjacent to an activating group) is 1. The Morgan fingerprint density at radius 3 is 1.57 bits per heavy atom. The molecule has 0 aromatic rings. The molecule has 0 bridgehead atoms. The van der Waals surface area contributed by atoms with Gasteiger partial charge in [0.15, 0.2) is 12.4 Å². The fraction of sp³-hybridized carbons (Fsp3) is 0.750. The molecule has 3 N–H and O–H groups in total. The molecule has 6 nitrogen and oxygen atoms in total. The average molecular weight is 201 g/mol. The van der Waals surface area contributed by atoms with Crippen LogP contribution in [0.4, 0.5) is 0 Å². The minimum atomic E-state index is 0.188. The molecule has 0 aliphatic heterocycles. The van der Waals surface area contributed by atoms with Crippen LogP contribution in [0.3, 0.4) is 0 Å². The third-order valence-electron chi connectivity index (χ3n) is 1.52. The van der Waals surface area contributed by atoms with E-state index in [1.54, 1.807) is 5.32 Å². The van der Waals surface area contributed by atoms with Gasteiger partial charge in [-0.2, -0.15) is 10.5 Å². The Morgan fingerprint density at radius 1 is 1.07 bits per heavy atom. The van der Waals surface area contributed by atoms with Crippen molar-refractivity contribution in [1.82, 2.24) is 5.32 Å². The summed E-state index contributed by atoms with van der Waals surface area (Å²) in [6.07, 6.45) is 2.81. The number of hydrogen-bond donors (Lipinski definition) is 3. The SMILES string of the molecule is C[N+](C)(CCO)CCO.N#CNC#N. The molecule has 0 aliphatic rings. The molecule has 0 saturated heterocycles. The maximum absolute atomic E-state index is 8.53. The molecule has 14 heavy (non-hydrogen) atoms. The molecular weight excluding hydrogens is 184 g/mol. The lowest BCUT2D eigenvalue weighted by molar-refractivity contribution is -0.890. The second-order valence-corrected chi connectivity index (χ2v) is 3.18. The molecule has 6 heteroatoms. The van der Waals surface area contributed by atoms with Crippen LogP contribution < -0.4 is 5.32 Å². The number of aliphatic hydroxyl groups is 2. The molecule has 0 aromatic heterocycles. The number of quaternary nitrogens is 1. The van der Waals surface area contributed by atoms with Crippen LogP contribution in [0.25, 0.3) is 0 Å².